The summed E-state index contributed by atoms with van der Waals surface area (Å²) in [6.45, 7) is 6.00. The Bertz CT molecular complexity index is 377. The molecule has 0 bridgehead atoms. The lowest BCUT2D eigenvalue weighted by Crippen LogP contribution is -2.52. The molecule has 1 rings (SSSR count). The number of carbonyl (C=O) groups is 2. The summed E-state index contributed by atoms with van der Waals surface area (Å²) in [5.41, 5.74) is -2.22. The third kappa shape index (κ3) is 3.78. The molecule has 0 aromatic heterocycles. The molecule has 1 fully saturated rings. The van der Waals surface area contributed by atoms with Gasteiger partial charge in [0.15, 0.2) is 0 Å². The molecule has 0 aliphatic heterocycles. The predicted octanol–water partition coefficient (Wildman–Crippen LogP) is 4.33. The van der Waals surface area contributed by atoms with Crippen LogP contribution in [0, 0.1) is 16.7 Å². The molecule has 2 unspecified atom stereocenters. The van der Waals surface area contributed by atoms with Gasteiger partial charge in [-0.3, -0.25) is 9.59 Å². The average Bonchev–Trinajstić information content (AvgIpc) is 2.39. The standard InChI is InChI=1S/C17H30O4/c1-13(2)9-5-4-6-11-17(15(20)21)12-8-7-10-16(17,3)14(18)19/h13H,4-12H2,1-3H3,(H,18,19)(H,20,21). The molecule has 1 saturated carbocycles. The highest BCUT2D eigenvalue weighted by Crippen LogP contribution is 2.54. The molecule has 0 saturated heterocycles. The normalized spacial score (nSPS) is 29.5. The van der Waals surface area contributed by atoms with E-state index in [0.717, 1.165) is 38.5 Å². The number of rotatable bonds is 8. The SMILES string of the molecule is CC(C)CCCCCC1(C(=O)O)CCCCC1(C)C(=O)O. The smallest absolute Gasteiger partial charge is 0.310 e. The van der Waals surface area contributed by atoms with Crippen LogP contribution >= 0.6 is 0 Å². The van der Waals surface area contributed by atoms with Gasteiger partial charge in [-0.2, -0.15) is 0 Å². The van der Waals surface area contributed by atoms with Crippen molar-refractivity contribution in [2.24, 2.45) is 16.7 Å². The van der Waals surface area contributed by atoms with Crippen LogP contribution in [-0.2, 0) is 9.59 Å². The first-order chi connectivity index (χ1) is 9.76. The third-order valence-corrected chi connectivity index (χ3v) is 5.35. The van der Waals surface area contributed by atoms with Crippen molar-refractivity contribution >= 4 is 11.9 Å². The quantitative estimate of drug-likeness (QED) is 0.654. The summed E-state index contributed by atoms with van der Waals surface area (Å²) < 4.78 is 0. The summed E-state index contributed by atoms with van der Waals surface area (Å²) in [5.74, 6) is -1.21. The Hall–Kier alpha value is -1.06. The van der Waals surface area contributed by atoms with Crippen LogP contribution in [0.1, 0.15) is 78.6 Å². The molecule has 21 heavy (non-hydrogen) atoms. The van der Waals surface area contributed by atoms with Gasteiger partial charge in [0, 0.05) is 0 Å². The zero-order valence-electron chi connectivity index (χ0n) is 13.7. The first-order valence-electron chi connectivity index (χ1n) is 8.23. The molecule has 0 heterocycles. The number of aliphatic carboxylic acids is 2. The van der Waals surface area contributed by atoms with E-state index in [9.17, 15) is 19.8 Å². The zero-order valence-corrected chi connectivity index (χ0v) is 13.7. The molecule has 1 aliphatic carbocycles. The Morgan fingerprint density at radius 3 is 2.14 bits per heavy atom. The Balaban J connectivity index is 2.77. The van der Waals surface area contributed by atoms with Gasteiger partial charge >= 0.3 is 11.9 Å². The second kappa shape index (κ2) is 7.28. The highest BCUT2D eigenvalue weighted by Gasteiger charge is 2.58. The first kappa shape index (κ1) is 18.0. The Labute approximate surface area is 127 Å². The lowest BCUT2D eigenvalue weighted by atomic mass is 9.55. The molecule has 1 aliphatic rings. The van der Waals surface area contributed by atoms with Gasteiger partial charge in [0.1, 0.15) is 0 Å². The lowest BCUT2D eigenvalue weighted by Gasteiger charge is -2.46. The summed E-state index contributed by atoms with van der Waals surface area (Å²) in [6, 6.07) is 0. The van der Waals surface area contributed by atoms with Crippen LogP contribution in [0.15, 0.2) is 0 Å². The van der Waals surface area contributed by atoms with E-state index < -0.39 is 22.8 Å². The van der Waals surface area contributed by atoms with Gasteiger partial charge in [0.05, 0.1) is 10.8 Å². The summed E-state index contributed by atoms with van der Waals surface area (Å²) in [4.78, 5) is 23.6. The van der Waals surface area contributed by atoms with E-state index in [-0.39, 0.29) is 0 Å². The fourth-order valence-corrected chi connectivity index (χ4v) is 3.74. The van der Waals surface area contributed by atoms with Crippen molar-refractivity contribution in [3.8, 4) is 0 Å². The highest BCUT2D eigenvalue weighted by atomic mass is 16.4. The fraction of sp³-hybridized carbons (Fsp3) is 0.882. The topological polar surface area (TPSA) is 74.6 Å². The Morgan fingerprint density at radius 1 is 1.00 bits per heavy atom. The van der Waals surface area contributed by atoms with E-state index in [0.29, 0.717) is 25.2 Å². The van der Waals surface area contributed by atoms with Crippen LogP contribution in [0.2, 0.25) is 0 Å². The van der Waals surface area contributed by atoms with E-state index in [1.54, 1.807) is 6.92 Å². The van der Waals surface area contributed by atoms with Crippen LogP contribution in [0.5, 0.6) is 0 Å². The average molecular weight is 298 g/mol. The summed E-state index contributed by atoms with van der Waals surface area (Å²) in [5, 5.41) is 19.3. The highest BCUT2D eigenvalue weighted by molar-refractivity contribution is 5.86. The molecule has 2 atom stereocenters. The van der Waals surface area contributed by atoms with Gasteiger partial charge in [-0.1, -0.05) is 52.4 Å². The van der Waals surface area contributed by atoms with Crippen molar-refractivity contribution < 1.29 is 19.8 Å². The maximum Gasteiger partial charge on any atom is 0.310 e. The van der Waals surface area contributed by atoms with Gasteiger partial charge < -0.3 is 10.2 Å². The van der Waals surface area contributed by atoms with Crippen molar-refractivity contribution in [3.63, 3.8) is 0 Å². The number of unbranched alkanes of at least 4 members (excludes halogenated alkanes) is 2. The molecular formula is C17H30O4. The van der Waals surface area contributed by atoms with Gasteiger partial charge in [0.2, 0.25) is 0 Å². The molecule has 122 valence electrons. The Kier molecular flexibility index (Phi) is 6.24. The van der Waals surface area contributed by atoms with Gasteiger partial charge in [0.25, 0.3) is 0 Å². The maximum atomic E-state index is 11.9. The second-order valence-electron chi connectivity index (χ2n) is 7.22. The second-order valence-corrected chi connectivity index (χ2v) is 7.22. The van der Waals surface area contributed by atoms with Gasteiger partial charge in [-0.15, -0.1) is 0 Å². The molecule has 2 N–H and O–H groups in total. The van der Waals surface area contributed by atoms with Crippen LogP contribution in [-0.4, -0.2) is 22.2 Å². The molecule has 4 heteroatoms. The van der Waals surface area contributed by atoms with Crippen molar-refractivity contribution in [1.82, 2.24) is 0 Å². The van der Waals surface area contributed by atoms with E-state index >= 15 is 0 Å². The summed E-state index contributed by atoms with van der Waals surface area (Å²) in [7, 11) is 0. The van der Waals surface area contributed by atoms with Crippen molar-refractivity contribution in [1.29, 1.82) is 0 Å². The third-order valence-electron chi connectivity index (χ3n) is 5.35. The summed E-state index contributed by atoms with van der Waals surface area (Å²) >= 11 is 0. The monoisotopic (exact) mass is 298 g/mol. The molecule has 0 aromatic carbocycles. The number of hydrogen-bond donors (Lipinski definition) is 2. The lowest BCUT2D eigenvalue weighted by molar-refractivity contribution is -0.179. The minimum Gasteiger partial charge on any atom is -0.481 e. The van der Waals surface area contributed by atoms with Crippen molar-refractivity contribution in [2.45, 2.75) is 78.6 Å². The first-order valence-corrected chi connectivity index (χ1v) is 8.23. The number of hydrogen-bond acceptors (Lipinski definition) is 2. The number of carboxylic acids is 2. The summed E-state index contributed by atoms with van der Waals surface area (Å²) in [6.07, 6.45) is 7.13. The minimum absolute atomic E-state index is 0.473. The Morgan fingerprint density at radius 2 is 1.62 bits per heavy atom. The maximum absolute atomic E-state index is 11.9. The van der Waals surface area contributed by atoms with Crippen LogP contribution in [0.25, 0.3) is 0 Å². The van der Waals surface area contributed by atoms with E-state index in [2.05, 4.69) is 13.8 Å². The molecule has 0 radical (unpaired) electrons. The zero-order chi connectivity index (χ0) is 16.1. The predicted molar refractivity (Wildman–Crippen MR) is 82.2 cm³/mol. The van der Waals surface area contributed by atoms with Gasteiger partial charge in [-0.25, -0.2) is 0 Å². The van der Waals surface area contributed by atoms with Crippen molar-refractivity contribution in [2.75, 3.05) is 0 Å². The minimum atomic E-state index is -1.13. The molecule has 0 amide bonds. The van der Waals surface area contributed by atoms with Crippen molar-refractivity contribution in [3.05, 3.63) is 0 Å². The molecule has 0 spiro atoms. The molecule has 0 aromatic rings. The van der Waals surface area contributed by atoms with E-state index in [4.69, 9.17) is 0 Å². The molecular weight excluding hydrogens is 268 g/mol. The van der Waals surface area contributed by atoms with Gasteiger partial charge in [-0.05, 0) is 32.1 Å². The largest absolute Gasteiger partial charge is 0.481 e. The van der Waals surface area contributed by atoms with Crippen LogP contribution in [0.3, 0.4) is 0 Å². The van der Waals surface area contributed by atoms with Crippen LogP contribution < -0.4 is 0 Å². The van der Waals surface area contributed by atoms with E-state index in [1.807, 2.05) is 0 Å². The van der Waals surface area contributed by atoms with E-state index in [1.165, 1.54) is 0 Å². The number of carboxylic acid groups (broad SMARTS) is 2. The van der Waals surface area contributed by atoms with Crippen LogP contribution in [0.4, 0.5) is 0 Å². The molecule has 4 nitrogen and oxygen atoms in total. The fourth-order valence-electron chi connectivity index (χ4n) is 3.74.